The Morgan fingerprint density at radius 2 is 1.90 bits per heavy atom. The highest BCUT2D eigenvalue weighted by molar-refractivity contribution is 6.28. The molecule has 0 fully saturated rings. The van der Waals surface area contributed by atoms with Gasteiger partial charge in [0.1, 0.15) is 5.82 Å². The van der Waals surface area contributed by atoms with Crippen LogP contribution in [0.15, 0.2) is 71.8 Å². The van der Waals surface area contributed by atoms with Crippen molar-refractivity contribution in [1.82, 2.24) is 19.5 Å². The highest BCUT2D eigenvalue weighted by Crippen LogP contribution is 2.27. The van der Waals surface area contributed by atoms with Gasteiger partial charge in [0.05, 0.1) is 5.56 Å². The molecule has 30 heavy (non-hydrogen) atoms. The van der Waals surface area contributed by atoms with Crippen molar-refractivity contribution in [1.29, 1.82) is 0 Å². The first-order valence-electron chi connectivity index (χ1n) is 9.06. The van der Waals surface area contributed by atoms with Crippen LogP contribution in [0.1, 0.15) is 11.4 Å². The second-order valence-corrected chi connectivity index (χ2v) is 6.86. The summed E-state index contributed by atoms with van der Waals surface area (Å²) in [6.45, 7) is 0. The zero-order chi connectivity index (χ0) is 21.1. The average molecular weight is 423 g/mol. The Labute approximate surface area is 176 Å². The summed E-state index contributed by atoms with van der Waals surface area (Å²) in [5, 5.41) is -0.00491. The third-order valence-electron chi connectivity index (χ3n) is 4.53. The number of benzene rings is 2. The van der Waals surface area contributed by atoms with Crippen LogP contribution in [-0.2, 0) is 13.5 Å². The Balaban J connectivity index is 1.61. The maximum absolute atomic E-state index is 14.6. The van der Waals surface area contributed by atoms with Crippen LogP contribution in [0.2, 0.25) is 5.28 Å². The van der Waals surface area contributed by atoms with Crippen molar-refractivity contribution in [3.8, 4) is 22.8 Å². The SMILES string of the molecule is Cn1c(Cc2ccccc2)ncc(-c2ccc(Oc3ccnc(Cl)n3)c(F)c2)c1=O. The molecule has 150 valence electrons. The van der Waals surface area contributed by atoms with E-state index in [0.29, 0.717) is 23.4 Å². The topological polar surface area (TPSA) is 69.9 Å². The molecule has 0 saturated carbocycles. The Morgan fingerprint density at radius 1 is 1.10 bits per heavy atom. The van der Waals surface area contributed by atoms with Gasteiger partial charge in [0, 0.05) is 31.9 Å². The molecule has 2 aromatic carbocycles. The lowest BCUT2D eigenvalue weighted by Gasteiger charge is -2.11. The predicted molar refractivity (Wildman–Crippen MR) is 111 cm³/mol. The van der Waals surface area contributed by atoms with Gasteiger partial charge < -0.3 is 4.74 Å². The smallest absolute Gasteiger partial charge is 0.261 e. The predicted octanol–water partition coefficient (Wildman–Crippen LogP) is 4.41. The molecule has 0 aliphatic heterocycles. The van der Waals surface area contributed by atoms with Crippen molar-refractivity contribution in [3.63, 3.8) is 0 Å². The first-order chi connectivity index (χ1) is 14.5. The minimum absolute atomic E-state index is 0.00491. The van der Waals surface area contributed by atoms with E-state index in [0.717, 1.165) is 5.56 Å². The fourth-order valence-electron chi connectivity index (χ4n) is 2.96. The lowest BCUT2D eigenvalue weighted by atomic mass is 10.1. The Morgan fingerprint density at radius 3 is 2.63 bits per heavy atom. The van der Waals surface area contributed by atoms with Crippen molar-refractivity contribution in [2.45, 2.75) is 6.42 Å². The number of ether oxygens (including phenoxy) is 1. The van der Waals surface area contributed by atoms with Gasteiger partial charge in [0.2, 0.25) is 11.2 Å². The number of halogens is 2. The summed E-state index contributed by atoms with van der Waals surface area (Å²) in [7, 11) is 1.66. The van der Waals surface area contributed by atoms with Crippen LogP contribution >= 0.6 is 11.6 Å². The molecule has 2 aromatic heterocycles. The van der Waals surface area contributed by atoms with Gasteiger partial charge in [-0.15, -0.1) is 0 Å². The minimum Gasteiger partial charge on any atom is -0.436 e. The van der Waals surface area contributed by atoms with Crippen molar-refractivity contribution in [2.24, 2.45) is 7.05 Å². The van der Waals surface area contributed by atoms with E-state index in [-0.39, 0.29) is 22.5 Å². The van der Waals surface area contributed by atoms with Crippen molar-refractivity contribution < 1.29 is 9.13 Å². The molecule has 0 bridgehead atoms. The summed E-state index contributed by atoms with van der Waals surface area (Å²) < 4.78 is 21.5. The summed E-state index contributed by atoms with van der Waals surface area (Å²) in [6, 6.07) is 15.5. The summed E-state index contributed by atoms with van der Waals surface area (Å²) >= 11 is 5.71. The lowest BCUT2D eigenvalue weighted by molar-refractivity contribution is 0.426. The number of hydrogen-bond acceptors (Lipinski definition) is 5. The monoisotopic (exact) mass is 422 g/mol. The Hall–Kier alpha value is -3.58. The Bertz CT molecular complexity index is 1260. The van der Waals surface area contributed by atoms with Gasteiger partial charge in [-0.3, -0.25) is 9.36 Å². The second-order valence-electron chi connectivity index (χ2n) is 6.53. The zero-order valence-corrected chi connectivity index (χ0v) is 16.7. The Kier molecular flexibility index (Phi) is 5.54. The molecule has 0 atom stereocenters. The standard InChI is InChI=1S/C22H16ClFN4O2/c1-28-19(11-14-5-3-2-4-6-14)26-13-16(21(28)29)15-7-8-18(17(24)12-15)30-20-9-10-25-22(23)27-20/h2-10,12-13H,11H2,1H3. The van der Waals surface area contributed by atoms with E-state index in [1.165, 1.54) is 35.2 Å². The van der Waals surface area contributed by atoms with Gasteiger partial charge in [0.25, 0.3) is 5.56 Å². The average Bonchev–Trinajstić information content (AvgIpc) is 2.74. The van der Waals surface area contributed by atoms with E-state index in [9.17, 15) is 9.18 Å². The van der Waals surface area contributed by atoms with E-state index in [1.54, 1.807) is 13.1 Å². The van der Waals surface area contributed by atoms with E-state index in [4.69, 9.17) is 16.3 Å². The highest BCUT2D eigenvalue weighted by atomic mass is 35.5. The molecule has 4 rings (SSSR count). The van der Waals surface area contributed by atoms with E-state index in [2.05, 4.69) is 15.0 Å². The number of rotatable bonds is 5. The molecule has 0 amide bonds. The van der Waals surface area contributed by atoms with Crippen LogP contribution in [-0.4, -0.2) is 19.5 Å². The largest absolute Gasteiger partial charge is 0.436 e. The molecular formula is C22H16ClFN4O2. The van der Waals surface area contributed by atoms with Gasteiger partial charge in [-0.05, 0) is 34.9 Å². The van der Waals surface area contributed by atoms with Gasteiger partial charge in [0.15, 0.2) is 11.6 Å². The van der Waals surface area contributed by atoms with Crippen LogP contribution in [0.3, 0.4) is 0 Å². The maximum atomic E-state index is 14.6. The van der Waals surface area contributed by atoms with Gasteiger partial charge in [-0.25, -0.2) is 14.4 Å². The summed E-state index contributed by atoms with van der Waals surface area (Å²) in [6.07, 6.45) is 3.40. The summed E-state index contributed by atoms with van der Waals surface area (Å²) in [4.78, 5) is 24.9. The fraction of sp³-hybridized carbons (Fsp3) is 0.0909. The van der Waals surface area contributed by atoms with E-state index < -0.39 is 5.82 Å². The van der Waals surface area contributed by atoms with Gasteiger partial charge in [-0.1, -0.05) is 36.4 Å². The molecule has 8 heteroatoms. The third kappa shape index (κ3) is 4.21. The molecule has 0 unspecified atom stereocenters. The molecule has 0 radical (unpaired) electrons. The van der Waals surface area contributed by atoms with Crippen LogP contribution in [0.4, 0.5) is 4.39 Å². The van der Waals surface area contributed by atoms with Crippen LogP contribution in [0.5, 0.6) is 11.6 Å². The zero-order valence-electron chi connectivity index (χ0n) is 15.9. The summed E-state index contributed by atoms with van der Waals surface area (Å²) in [5.74, 6) is 0.0529. The lowest BCUT2D eigenvalue weighted by Crippen LogP contribution is -2.23. The summed E-state index contributed by atoms with van der Waals surface area (Å²) in [5.41, 5.74) is 1.49. The highest BCUT2D eigenvalue weighted by Gasteiger charge is 2.13. The van der Waals surface area contributed by atoms with Gasteiger partial charge in [-0.2, -0.15) is 4.98 Å². The fourth-order valence-corrected chi connectivity index (χ4v) is 3.10. The van der Waals surface area contributed by atoms with Gasteiger partial charge >= 0.3 is 0 Å². The molecule has 0 aliphatic rings. The second kappa shape index (κ2) is 8.42. The molecule has 0 saturated heterocycles. The quantitative estimate of drug-likeness (QED) is 0.445. The van der Waals surface area contributed by atoms with Crippen LogP contribution in [0.25, 0.3) is 11.1 Å². The number of nitrogens with zero attached hydrogens (tertiary/aromatic N) is 4. The van der Waals surface area contributed by atoms with E-state index in [1.807, 2.05) is 30.3 Å². The molecular weight excluding hydrogens is 407 g/mol. The number of aromatic nitrogens is 4. The molecule has 6 nitrogen and oxygen atoms in total. The van der Waals surface area contributed by atoms with Crippen LogP contribution in [0, 0.1) is 5.82 Å². The maximum Gasteiger partial charge on any atom is 0.261 e. The van der Waals surface area contributed by atoms with Crippen molar-refractivity contribution in [3.05, 3.63) is 99.8 Å². The first-order valence-corrected chi connectivity index (χ1v) is 9.44. The molecule has 4 aromatic rings. The molecule has 0 aliphatic carbocycles. The van der Waals surface area contributed by atoms with Crippen molar-refractivity contribution >= 4 is 11.6 Å². The van der Waals surface area contributed by atoms with E-state index >= 15 is 0 Å². The minimum atomic E-state index is -0.641. The normalized spacial score (nSPS) is 10.8. The number of hydrogen-bond donors (Lipinski definition) is 0. The first kappa shape index (κ1) is 19.7. The molecule has 0 N–H and O–H groups in total. The van der Waals surface area contributed by atoms with Crippen molar-refractivity contribution in [2.75, 3.05) is 0 Å². The third-order valence-corrected chi connectivity index (χ3v) is 4.71. The van der Waals surface area contributed by atoms with Crippen LogP contribution < -0.4 is 10.3 Å². The molecule has 0 spiro atoms. The molecule has 2 heterocycles.